The van der Waals surface area contributed by atoms with E-state index in [2.05, 4.69) is 4.98 Å². The summed E-state index contributed by atoms with van der Waals surface area (Å²) in [6.45, 7) is 1.86. The van der Waals surface area contributed by atoms with Crippen LogP contribution in [0.2, 0.25) is 0 Å². The van der Waals surface area contributed by atoms with Crippen molar-refractivity contribution < 1.29 is 14.3 Å². The van der Waals surface area contributed by atoms with E-state index in [0.717, 1.165) is 16.0 Å². The summed E-state index contributed by atoms with van der Waals surface area (Å²) in [6, 6.07) is 10.8. The van der Waals surface area contributed by atoms with E-state index in [4.69, 9.17) is 4.42 Å². The minimum absolute atomic E-state index is 0.300. The second-order valence-electron chi connectivity index (χ2n) is 4.32. The van der Waals surface area contributed by atoms with Crippen molar-refractivity contribution in [3.8, 4) is 0 Å². The van der Waals surface area contributed by atoms with Crippen LogP contribution in [-0.2, 0) is 0 Å². The summed E-state index contributed by atoms with van der Waals surface area (Å²) >= 11 is 1.39. The summed E-state index contributed by atoms with van der Waals surface area (Å²) in [5, 5.41) is 11.4. The van der Waals surface area contributed by atoms with Crippen LogP contribution in [0.5, 0.6) is 0 Å². The molecule has 0 unspecified atom stereocenters. The normalized spacial score (nSPS) is 10.8. The van der Waals surface area contributed by atoms with Gasteiger partial charge in [0.2, 0.25) is 0 Å². The van der Waals surface area contributed by atoms with E-state index >= 15 is 0 Å². The van der Waals surface area contributed by atoms with Crippen molar-refractivity contribution in [1.82, 2.24) is 4.98 Å². The Labute approximate surface area is 119 Å². The number of hydrogen-bond acceptors (Lipinski definition) is 4. The Morgan fingerprint density at radius 1 is 1.20 bits per heavy atom. The van der Waals surface area contributed by atoms with Gasteiger partial charge in [0.05, 0.1) is 11.3 Å². The van der Waals surface area contributed by atoms with Gasteiger partial charge in [0.1, 0.15) is 6.26 Å². The third-order valence-corrected chi connectivity index (χ3v) is 3.85. The molecule has 1 heterocycles. The average molecular weight is 285 g/mol. The smallest absolute Gasteiger partial charge is 0.336 e. The van der Waals surface area contributed by atoms with Crippen molar-refractivity contribution in [1.29, 1.82) is 0 Å². The van der Waals surface area contributed by atoms with Gasteiger partial charge in [-0.2, -0.15) is 0 Å². The van der Waals surface area contributed by atoms with Crippen LogP contribution in [-0.4, -0.2) is 16.1 Å². The third kappa shape index (κ3) is 2.28. The zero-order chi connectivity index (χ0) is 14.1. The standard InChI is InChI=1S/C15H11NO3S/c1-9-8-19-15(16-9)20-13-7-6-12(14(17)18)10-4-2-3-5-11(10)13/h2-8H,1H3,(H,17,18). The number of nitrogens with zero attached hydrogens (tertiary/aromatic N) is 1. The molecule has 4 nitrogen and oxygen atoms in total. The first kappa shape index (κ1) is 12.7. The summed E-state index contributed by atoms with van der Waals surface area (Å²) in [5.41, 5.74) is 1.12. The number of aromatic carboxylic acids is 1. The van der Waals surface area contributed by atoms with Gasteiger partial charge in [-0.1, -0.05) is 24.3 Å². The highest BCUT2D eigenvalue weighted by Gasteiger charge is 2.13. The number of benzene rings is 2. The lowest BCUT2D eigenvalue weighted by atomic mass is 10.0. The molecule has 0 radical (unpaired) electrons. The molecule has 2 aromatic carbocycles. The van der Waals surface area contributed by atoms with Crippen molar-refractivity contribution >= 4 is 28.5 Å². The maximum atomic E-state index is 11.3. The fourth-order valence-corrected chi connectivity index (χ4v) is 2.92. The molecule has 20 heavy (non-hydrogen) atoms. The Hall–Kier alpha value is -2.27. The molecule has 0 spiro atoms. The Kier molecular flexibility index (Phi) is 3.20. The predicted molar refractivity (Wildman–Crippen MR) is 76.3 cm³/mol. The van der Waals surface area contributed by atoms with Crippen LogP contribution >= 0.6 is 11.8 Å². The highest BCUT2D eigenvalue weighted by Crippen LogP contribution is 2.34. The van der Waals surface area contributed by atoms with Crippen LogP contribution in [0, 0.1) is 6.92 Å². The van der Waals surface area contributed by atoms with Crippen molar-refractivity contribution in [2.75, 3.05) is 0 Å². The average Bonchev–Trinajstić information content (AvgIpc) is 2.84. The van der Waals surface area contributed by atoms with Crippen LogP contribution in [0.4, 0.5) is 0 Å². The molecule has 0 aliphatic heterocycles. The number of aromatic nitrogens is 1. The van der Waals surface area contributed by atoms with Gasteiger partial charge in [0.25, 0.3) is 5.22 Å². The lowest BCUT2D eigenvalue weighted by molar-refractivity contribution is 0.0699. The lowest BCUT2D eigenvalue weighted by Crippen LogP contribution is -1.97. The third-order valence-electron chi connectivity index (χ3n) is 2.91. The van der Waals surface area contributed by atoms with Crippen LogP contribution in [0.3, 0.4) is 0 Å². The Balaban J connectivity index is 2.12. The second-order valence-corrected chi connectivity index (χ2v) is 5.31. The molecule has 0 aliphatic rings. The maximum Gasteiger partial charge on any atom is 0.336 e. The number of carbonyl (C=O) groups is 1. The quantitative estimate of drug-likeness (QED) is 0.788. The van der Waals surface area contributed by atoms with E-state index in [9.17, 15) is 9.90 Å². The van der Waals surface area contributed by atoms with Crippen molar-refractivity contribution in [3.63, 3.8) is 0 Å². The molecule has 3 rings (SSSR count). The van der Waals surface area contributed by atoms with Crippen molar-refractivity contribution in [2.45, 2.75) is 17.0 Å². The minimum Gasteiger partial charge on any atom is -0.478 e. The van der Waals surface area contributed by atoms with Gasteiger partial charge in [0.15, 0.2) is 0 Å². The number of hydrogen-bond donors (Lipinski definition) is 1. The van der Waals surface area contributed by atoms with E-state index in [1.807, 2.05) is 31.2 Å². The minimum atomic E-state index is -0.926. The highest BCUT2D eigenvalue weighted by atomic mass is 32.2. The lowest BCUT2D eigenvalue weighted by Gasteiger charge is -2.06. The molecule has 0 aliphatic carbocycles. The molecule has 100 valence electrons. The van der Waals surface area contributed by atoms with Gasteiger partial charge in [-0.15, -0.1) is 0 Å². The number of aryl methyl sites for hydroxylation is 1. The van der Waals surface area contributed by atoms with Gasteiger partial charge in [0, 0.05) is 4.90 Å². The second kappa shape index (κ2) is 5.02. The summed E-state index contributed by atoms with van der Waals surface area (Å²) < 4.78 is 5.33. The van der Waals surface area contributed by atoms with Gasteiger partial charge < -0.3 is 9.52 Å². The summed E-state index contributed by atoms with van der Waals surface area (Å²) in [4.78, 5) is 16.4. The highest BCUT2D eigenvalue weighted by molar-refractivity contribution is 7.99. The number of rotatable bonds is 3. The molecular formula is C15H11NO3S. The molecule has 0 bridgehead atoms. The molecule has 0 atom stereocenters. The number of oxazole rings is 1. The molecule has 0 fully saturated rings. The van der Waals surface area contributed by atoms with E-state index in [1.54, 1.807) is 18.4 Å². The zero-order valence-corrected chi connectivity index (χ0v) is 11.5. The fourth-order valence-electron chi connectivity index (χ4n) is 2.02. The van der Waals surface area contributed by atoms with E-state index in [0.29, 0.717) is 16.2 Å². The number of carboxylic acids is 1. The summed E-state index contributed by atoms with van der Waals surface area (Å²) in [5.74, 6) is -0.926. The number of fused-ring (bicyclic) bond motifs is 1. The largest absolute Gasteiger partial charge is 0.478 e. The molecule has 5 heteroatoms. The van der Waals surface area contributed by atoms with E-state index < -0.39 is 5.97 Å². The van der Waals surface area contributed by atoms with E-state index in [-0.39, 0.29) is 0 Å². The van der Waals surface area contributed by atoms with Crippen LogP contribution in [0.1, 0.15) is 16.1 Å². The Morgan fingerprint density at radius 2 is 1.95 bits per heavy atom. The number of carboxylic acid groups (broad SMARTS) is 1. The van der Waals surface area contributed by atoms with Gasteiger partial charge in [-0.05, 0) is 41.6 Å². The van der Waals surface area contributed by atoms with Crippen LogP contribution in [0.25, 0.3) is 10.8 Å². The molecule has 0 amide bonds. The molecule has 1 aromatic heterocycles. The first-order valence-corrected chi connectivity index (χ1v) is 6.82. The fraction of sp³-hybridized carbons (Fsp3) is 0.0667. The van der Waals surface area contributed by atoms with Gasteiger partial charge in [-0.25, -0.2) is 9.78 Å². The SMILES string of the molecule is Cc1coc(Sc2ccc(C(=O)O)c3ccccc23)n1. The molecule has 3 aromatic rings. The van der Waals surface area contributed by atoms with Crippen molar-refractivity contribution in [2.24, 2.45) is 0 Å². The van der Waals surface area contributed by atoms with Crippen LogP contribution < -0.4 is 0 Å². The van der Waals surface area contributed by atoms with Gasteiger partial charge >= 0.3 is 5.97 Å². The molecule has 0 saturated heterocycles. The Morgan fingerprint density at radius 3 is 2.60 bits per heavy atom. The van der Waals surface area contributed by atoms with E-state index in [1.165, 1.54) is 11.8 Å². The maximum absolute atomic E-state index is 11.3. The molecule has 0 saturated carbocycles. The summed E-state index contributed by atoms with van der Waals surface area (Å²) in [6.07, 6.45) is 1.59. The topological polar surface area (TPSA) is 63.3 Å². The van der Waals surface area contributed by atoms with Gasteiger partial charge in [-0.3, -0.25) is 0 Å². The van der Waals surface area contributed by atoms with Crippen molar-refractivity contribution in [3.05, 3.63) is 53.9 Å². The summed E-state index contributed by atoms with van der Waals surface area (Å²) in [7, 11) is 0. The molecule has 1 N–H and O–H groups in total. The Bertz CT molecular complexity index is 795. The monoisotopic (exact) mass is 285 g/mol. The molecular weight excluding hydrogens is 274 g/mol. The first-order valence-electron chi connectivity index (χ1n) is 6.00. The first-order chi connectivity index (χ1) is 9.65. The zero-order valence-electron chi connectivity index (χ0n) is 10.7. The predicted octanol–water partition coefficient (Wildman–Crippen LogP) is 3.99. The van der Waals surface area contributed by atoms with Crippen LogP contribution in [0.15, 0.2) is 57.2 Å².